The van der Waals surface area contributed by atoms with Gasteiger partial charge in [-0.3, -0.25) is 11.3 Å². The molecule has 3 nitrogen and oxygen atoms in total. The van der Waals surface area contributed by atoms with Crippen molar-refractivity contribution in [2.75, 3.05) is 6.61 Å². The summed E-state index contributed by atoms with van der Waals surface area (Å²) in [5, 5.41) is 0.677. The third-order valence-electron chi connectivity index (χ3n) is 1.98. The van der Waals surface area contributed by atoms with E-state index in [9.17, 15) is 0 Å². The van der Waals surface area contributed by atoms with Crippen LogP contribution in [0.2, 0.25) is 5.02 Å². The molecule has 3 N–H and O–H groups in total. The average molecular weight is 215 g/mol. The van der Waals surface area contributed by atoms with Gasteiger partial charge in [-0.15, -0.1) is 0 Å². The lowest BCUT2D eigenvalue weighted by Crippen LogP contribution is -2.38. The summed E-state index contributed by atoms with van der Waals surface area (Å²) in [5.74, 6) is 6.09. The van der Waals surface area contributed by atoms with Gasteiger partial charge in [0.25, 0.3) is 0 Å². The molecule has 0 heterocycles. The second-order valence-electron chi connectivity index (χ2n) is 3.04. The number of rotatable bonds is 5. The van der Waals surface area contributed by atoms with Crippen molar-refractivity contribution in [1.82, 2.24) is 5.43 Å². The zero-order valence-electron chi connectivity index (χ0n) is 8.16. The van der Waals surface area contributed by atoms with Crippen LogP contribution in [0.15, 0.2) is 24.3 Å². The molecule has 0 aliphatic carbocycles. The molecule has 1 aromatic rings. The highest BCUT2D eigenvalue weighted by Crippen LogP contribution is 2.17. The Labute approximate surface area is 89.2 Å². The molecule has 1 rings (SSSR count). The number of hydrogen-bond donors (Lipinski definition) is 2. The lowest BCUT2D eigenvalue weighted by molar-refractivity contribution is 0.261. The van der Waals surface area contributed by atoms with E-state index in [4.69, 9.17) is 22.2 Å². The van der Waals surface area contributed by atoms with Crippen molar-refractivity contribution in [3.05, 3.63) is 29.3 Å². The molecule has 1 aromatic carbocycles. The maximum Gasteiger partial charge on any atom is 0.120 e. The molecule has 0 saturated heterocycles. The number of benzene rings is 1. The predicted molar refractivity (Wildman–Crippen MR) is 58.3 cm³/mol. The molecule has 0 fully saturated rings. The summed E-state index contributed by atoms with van der Waals surface area (Å²) in [6.07, 6.45) is 0.928. The van der Waals surface area contributed by atoms with Crippen molar-refractivity contribution in [1.29, 1.82) is 0 Å². The number of hydrazine groups is 1. The zero-order valence-corrected chi connectivity index (χ0v) is 8.92. The lowest BCUT2D eigenvalue weighted by atomic mass is 10.2. The molecular weight excluding hydrogens is 200 g/mol. The van der Waals surface area contributed by atoms with Crippen molar-refractivity contribution in [3.63, 3.8) is 0 Å². The lowest BCUT2D eigenvalue weighted by Gasteiger charge is -2.14. The van der Waals surface area contributed by atoms with E-state index in [2.05, 4.69) is 5.43 Å². The van der Waals surface area contributed by atoms with Crippen LogP contribution in [0.4, 0.5) is 0 Å². The first-order chi connectivity index (χ1) is 6.76. The highest BCUT2D eigenvalue weighted by molar-refractivity contribution is 6.30. The second-order valence-corrected chi connectivity index (χ2v) is 3.48. The maximum atomic E-state index is 5.81. The molecule has 0 amide bonds. The molecule has 78 valence electrons. The highest BCUT2D eigenvalue weighted by Gasteiger charge is 2.03. The van der Waals surface area contributed by atoms with Crippen LogP contribution in [0.25, 0.3) is 0 Å². The predicted octanol–water partition coefficient (Wildman–Crippen LogP) is 1.96. The van der Waals surface area contributed by atoms with Gasteiger partial charge in [0.15, 0.2) is 0 Å². The third-order valence-corrected chi connectivity index (χ3v) is 2.21. The first-order valence-corrected chi connectivity index (χ1v) is 4.98. The minimum absolute atomic E-state index is 0.175. The molecule has 0 aliphatic rings. The summed E-state index contributed by atoms with van der Waals surface area (Å²) in [5.41, 5.74) is 2.68. The van der Waals surface area contributed by atoms with Gasteiger partial charge in [-0.2, -0.15) is 0 Å². The standard InChI is InChI=1S/C10H15ClN2O/c1-2-9(13-12)7-14-10-5-3-4-8(11)6-10/h3-6,9,13H,2,7,12H2,1H3. The fourth-order valence-electron chi connectivity index (χ4n) is 1.04. The van der Waals surface area contributed by atoms with Crippen LogP contribution in [0.1, 0.15) is 13.3 Å². The summed E-state index contributed by atoms with van der Waals surface area (Å²) in [6.45, 7) is 2.60. The molecular formula is C10H15ClN2O. The number of halogens is 1. The van der Waals surface area contributed by atoms with Gasteiger partial charge in [-0.05, 0) is 24.6 Å². The van der Waals surface area contributed by atoms with E-state index in [0.29, 0.717) is 11.6 Å². The molecule has 4 heteroatoms. The Morgan fingerprint density at radius 1 is 1.57 bits per heavy atom. The fraction of sp³-hybridized carbons (Fsp3) is 0.400. The van der Waals surface area contributed by atoms with Gasteiger partial charge in [0.1, 0.15) is 12.4 Å². The number of hydrogen-bond acceptors (Lipinski definition) is 3. The van der Waals surface area contributed by atoms with Gasteiger partial charge < -0.3 is 4.74 Å². The largest absolute Gasteiger partial charge is 0.492 e. The molecule has 0 spiro atoms. The summed E-state index contributed by atoms with van der Waals surface area (Å²) in [7, 11) is 0. The summed E-state index contributed by atoms with van der Waals surface area (Å²) < 4.78 is 5.50. The first-order valence-electron chi connectivity index (χ1n) is 4.60. The Bertz CT molecular complexity index is 277. The average Bonchev–Trinajstić information content (AvgIpc) is 2.19. The van der Waals surface area contributed by atoms with Crippen molar-refractivity contribution >= 4 is 11.6 Å². The Hall–Kier alpha value is -0.770. The zero-order chi connectivity index (χ0) is 10.4. The van der Waals surface area contributed by atoms with Crippen LogP contribution in [0, 0.1) is 0 Å². The minimum Gasteiger partial charge on any atom is -0.492 e. The van der Waals surface area contributed by atoms with Crippen molar-refractivity contribution in [2.24, 2.45) is 5.84 Å². The van der Waals surface area contributed by atoms with Crippen LogP contribution in [-0.2, 0) is 0 Å². The fourth-order valence-corrected chi connectivity index (χ4v) is 1.22. The molecule has 0 saturated carbocycles. The van der Waals surface area contributed by atoms with Gasteiger partial charge in [0.2, 0.25) is 0 Å². The smallest absolute Gasteiger partial charge is 0.120 e. The Balaban J connectivity index is 2.44. The van der Waals surface area contributed by atoms with Crippen LogP contribution < -0.4 is 16.0 Å². The van der Waals surface area contributed by atoms with E-state index in [1.807, 2.05) is 25.1 Å². The third kappa shape index (κ3) is 3.54. The Morgan fingerprint density at radius 2 is 2.36 bits per heavy atom. The van der Waals surface area contributed by atoms with Gasteiger partial charge in [-0.1, -0.05) is 24.6 Å². The Kier molecular flexibility index (Phi) is 4.73. The highest BCUT2D eigenvalue weighted by atomic mass is 35.5. The molecule has 1 atom stereocenters. The molecule has 14 heavy (non-hydrogen) atoms. The molecule has 1 unspecified atom stereocenters. The first kappa shape index (κ1) is 11.3. The molecule has 0 aliphatic heterocycles. The monoisotopic (exact) mass is 214 g/mol. The van der Waals surface area contributed by atoms with E-state index in [-0.39, 0.29) is 6.04 Å². The molecule has 0 radical (unpaired) electrons. The van der Waals surface area contributed by atoms with Gasteiger partial charge in [-0.25, -0.2) is 0 Å². The van der Waals surface area contributed by atoms with Crippen molar-refractivity contribution in [2.45, 2.75) is 19.4 Å². The van der Waals surface area contributed by atoms with Crippen LogP contribution in [0.5, 0.6) is 5.75 Å². The second kappa shape index (κ2) is 5.86. The minimum atomic E-state index is 0.175. The number of nitrogens with one attached hydrogen (secondary N) is 1. The van der Waals surface area contributed by atoms with Crippen molar-refractivity contribution < 1.29 is 4.74 Å². The van der Waals surface area contributed by atoms with Gasteiger partial charge in [0, 0.05) is 5.02 Å². The van der Waals surface area contributed by atoms with E-state index in [1.54, 1.807) is 6.07 Å². The van der Waals surface area contributed by atoms with Crippen LogP contribution in [0.3, 0.4) is 0 Å². The van der Waals surface area contributed by atoms with Gasteiger partial charge >= 0.3 is 0 Å². The van der Waals surface area contributed by atoms with Crippen LogP contribution >= 0.6 is 11.6 Å². The van der Waals surface area contributed by atoms with E-state index < -0.39 is 0 Å². The van der Waals surface area contributed by atoms with E-state index in [0.717, 1.165) is 12.2 Å². The van der Waals surface area contributed by atoms with Crippen molar-refractivity contribution in [3.8, 4) is 5.75 Å². The normalized spacial score (nSPS) is 12.5. The maximum absolute atomic E-state index is 5.81. The molecule has 0 bridgehead atoms. The van der Waals surface area contributed by atoms with E-state index >= 15 is 0 Å². The van der Waals surface area contributed by atoms with E-state index in [1.165, 1.54) is 0 Å². The topological polar surface area (TPSA) is 47.3 Å². The quantitative estimate of drug-likeness (QED) is 0.582. The summed E-state index contributed by atoms with van der Waals surface area (Å²) >= 11 is 5.81. The summed E-state index contributed by atoms with van der Waals surface area (Å²) in [6, 6.07) is 7.50. The molecule has 0 aromatic heterocycles. The van der Waals surface area contributed by atoms with Crippen LogP contribution in [-0.4, -0.2) is 12.6 Å². The number of ether oxygens (including phenoxy) is 1. The van der Waals surface area contributed by atoms with Gasteiger partial charge in [0.05, 0.1) is 6.04 Å². The summed E-state index contributed by atoms with van der Waals surface area (Å²) in [4.78, 5) is 0. The Morgan fingerprint density at radius 3 is 2.93 bits per heavy atom. The SMILES string of the molecule is CCC(COc1cccc(Cl)c1)NN. The number of nitrogens with two attached hydrogens (primary N) is 1.